The maximum absolute atomic E-state index is 11.9. The smallest absolute Gasteiger partial charge is 0.309 e. The summed E-state index contributed by atoms with van der Waals surface area (Å²) in [5, 5.41) is 20.0. The van der Waals surface area contributed by atoms with Gasteiger partial charge in [0.2, 0.25) is 5.91 Å². The second-order valence-electron chi connectivity index (χ2n) is 5.88. The van der Waals surface area contributed by atoms with Gasteiger partial charge in [0, 0.05) is 19.4 Å². The Kier molecular flexibility index (Phi) is 3.78. The van der Waals surface area contributed by atoms with E-state index in [4.69, 9.17) is 5.11 Å². The molecule has 1 aromatic rings. The van der Waals surface area contributed by atoms with Crippen LogP contribution in [-0.2, 0) is 22.6 Å². The summed E-state index contributed by atoms with van der Waals surface area (Å²) < 4.78 is 2.02. The Balaban J connectivity index is 1.99. The van der Waals surface area contributed by atoms with Crippen molar-refractivity contribution in [2.75, 3.05) is 0 Å². The molecule has 110 valence electrons. The van der Waals surface area contributed by atoms with E-state index < -0.39 is 11.4 Å². The average Bonchev–Trinajstić information content (AvgIpc) is 2.88. The molecule has 2 rings (SSSR count). The number of amides is 1. The minimum atomic E-state index is -1.07. The normalized spacial score (nSPS) is 15.8. The van der Waals surface area contributed by atoms with E-state index in [2.05, 4.69) is 15.5 Å². The van der Waals surface area contributed by atoms with Crippen LogP contribution in [0.15, 0.2) is 0 Å². The molecule has 7 nitrogen and oxygen atoms in total. The van der Waals surface area contributed by atoms with Crippen molar-refractivity contribution in [2.45, 2.75) is 52.6 Å². The molecular weight excluding hydrogens is 260 g/mol. The second-order valence-corrected chi connectivity index (χ2v) is 5.88. The Morgan fingerprint density at radius 2 is 2.15 bits per heavy atom. The Bertz CT molecular complexity index is 536. The van der Waals surface area contributed by atoms with Gasteiger partial charge in [-0.1, -0.05) is 0 Å². The quantitative estimate of drug-likeness (QED) is 0.835. The van der Waals surface area contributed by atoms with Crippen molar-refractivity contribution in [3.05, 3.63) is 11.6 Å². The number of hydrogen-bond donors (Lipinski definition) is 2. The number of aryl methyl sites for hydroxylation is 1. The summed E-state index contributed by atoms with van der Waals surface area (Å²) in [6.07, 6.45) is 1.90. The number of rotatable bonds is 5. The van der Waals surface area contributed by atoms with Gasteiger partial charge in [0.05, 0.1) is 11.5 Å². The molecule has 0 bridgehead atoms. The van der Waals surface area contributed by atoms with Gasteiger partial charge in [-0.3, -0.25) is 9.59 Å². The molecule has 1 unspecified atom stereocenters. The number of nitrogens with zero attached hydrogens (tertiary/aromatic N) is 3. The molecule has 0 radical (unpaired) electrons. The summed E-state index contributed by atoms with van der Waals surface area (Å²) in [7, 11) is 0. The molecule has 0 saturated heterocycles. The minimum Gasteiger partial charge on any atom is -0.481 e. The number of nitrogens with one attached hydrogen (secondary N) is 1. The van der Waals surface area contributed by atoms with Crippen LogP contribution in [0.3, 0.4) is 0 Å². The maximum atomic E-state index is 11.9. The highest BCUT2D eigenvalue weighted by Gasteiger charge is 2.31. The van der Waals surface area contributed by atoms with Gasteiger partial charge in [0.1, 0.15) is 5.82 Å². The van der Waals surface area contributed by atoms with Gasteiger partial charge in [0.25, 0.3) is 0 Å². The number of aliphatic carboxylic acids is 1. The van der Waals surface area contributed by atoms with Crippen LogP contribution in [-0.4, -0.2) is 31.7 Å². The van der Waals surface area contributed by atoms with E-state index in [-0.39, 0.29) is 18.4 Å². The van der Waals surface area contributed by atoms with Crippen molar-refractivity contribution in [1.82, 2.24) is 20.1 Å². The van der Waals surface area contributed by atoms with E-state index in [0.717, 1.165) is 31.0 Å². The zero-order valence-electron chi connectivity index (χ0n) is 12.0. The molecule has 2 N–H and O–H groups in total. The first-order valence-corrected chi connectivity index (χ1v) is 6.76. The largest absolute Gasteiger partial charge is 0.481 e. The number of carbonyl (C=O) groups is 2. The number of hydrogen-bond acceptors (Lipinski definition) is 4. The second kappa shape index (κ2) is 5.22. The summed E-state index contributed by atoms with van der Waals surface area (Å²) in [5.41, 5.74) is -1.07. The van der Waals surface area contributed by atoms with E-state index in [1.54, 1.807) is 0 Å². The van der Waals surface area contributed by atoms with Crippen molar-refractivity contribution in [3.8, 4) is 0 Å². The number of carbonyl (C=O) groups excluding carboxylic acids is 1. The highest BCUT2D eigenvalue weighted by atomic mass is 16.4. The maximum Gasteiger partial charge on any atom is 0.309 e. The fraction of sp³-hybridized carbons (Fsp3) is 0.692. The van der Waals surface area contributed by atoms with E-state index in [0.29, 0.717) is 0 Å². The number of carboxylic acids is 1. The monoisotopic (exact) mass is 280 g/mol. The Morgan fingerprint density at radius 1 is 1.45 bits per heavy atom. The number of carboxylic acid groups (broad SMARTS) is 1. The fourth-order valence-electron chi connectivity index (χ4n) is 2.33. The summed E-state index contributed by atoms with van der Waals surface area (Å²) in [4.78, 5) is 23.0. The molecule has 1 atom stereocenters. The average molecular weight is 280 g/mol. The fourth-order valence-corrected chi connectivity index (χ4v) is 2.33. The van der Waals surface area contributed by atoms with Gasteiger partial charge in [0.15, 0.2) is 5.82 Å². The predicted octanol–water partition coefficient (Wildman–Crippen LogP) is 0.902. The van der Waals surface area contributed by atoms with E-state index in [1.807, 2.05) is 11.5 Å². The third-order valence-corrected chi connectivity index (χ3v) is 3.58. The van der Waals surface area contributed by atoms with Gasteiger partial charge in [-0.15, -0.1) is 10.2 Å². The number of aromatic nitrogens is 3. The highest BCUT2D eigenvalue weighted by Crippen LogP contribution is 2.22. The third-order valence-electron chi connectivity index (χ3n) is 3.58. The van der Waals surface area contributed by atoms with Crippen LogP contribution in [0.5, 0.6) is 0 Å². The van der Waals surface area contributed by atoms with Crippen molar-refractivity contribution in [1.29, 1.82) is 0 Å². The van der Waals surface area contributed by atoms with Crippen LogP contribution in [0.25, 0.3) is 0 Å². The van der Waals surface area contributed by atoms with E-state index in [1.165, 1.54) is 13.8 Å². The van der Waals surface area contributed by atoms with E-state index in [9.17, 15) is 9.59 Å². The summed E-state index contributed by atoms with van der Waals surface area (Å²) >= 11 is 0. The van der Waals surface area contributed by atoms with Gasteiger partial charge < -0.3 is 15.0 Å². The molecule has 7 heteroatoms. The van der Waals surface area contributed by atoms with Crippen LogP contribution in [0.1, 0.15) is 51.3 Å². The van der Waals surface area contributed by atoms with Crippen molar-refractivity contribution < 1.29 is 14.7 Å². The topological polar surface area (TPSA) is 97.1 Å². The van der Waals surface area contributed by atoms with E-state index >= 15 is 0 Å². The predicted molar refractivity (Wildman–Crippen MR) is 70.9 cm³/mol. The van der Waals surface area contributed by atoms with Crippen molar-refractivity contribution in [2.24, 2.45) is 5.41 Å². The molecule has 0 aromatic carbocycles. The lowest BCUT2D eigenvalue weighted by atomic mass is 9.89. The van der Waals surface area contributed by atoms with Crippen molar-refractivity contribution >= 4 is 11.9 Å². The highest BCUT2D eigenvalue weighted by molar-refractivity contribution is 5.84. The molecule has 20 heavy (non-hydrogen) atoms. The SMILES string of the molecule is CC(NC(=O)CC(C)(C)C(=O)O)c1nnc2n1CCC2. The van der Waals surface area contributed by atoms with Crippen LogP contribution in [0.4, 0.5) is 0 Å². The van der Waals surface area contributed by atoms with Crippen LogP contribution < -0.4 is 5.32 Å². The van der Waals surface area contributed by atoms with Crippen molar-refractivity contribution in [3.63, 3.8) is 0 Å². The standard InChI is InChI=1S/C13H20N4O3/c1-8(11-16-15-9-5-4-6-17(9)11)14-10(18)7-13(2,3)12(19)20/h8H,4-7H2,1-3H3,(H,14,18)(H,19,20). The summed E-state index contributed by atoms with van der Waals surface area (Å²) in [6, 6.07) is -0.272. The first kappa shape index (κ1) is 14.5. The lowest BCUT2D eigenvalue weighted by Gasteiger charge is -2.20. The molecule has 0 saturated carbocycles. The van der Waals surface area contributed by atoms with Gasteiger partial charge in [-0.2, -0.15) is 0 Å². The summed E-state index contributed by atoms with van der Waals surface area (Å²) in [5.74, 6) is 0.412. The Morgan fingerprint density at radius 3 is 2.80 bits per heavy atom. The van der Waals surface area contributed by atoms with Crippen LogP contribution in [0, 0.1) is 5.41 Å². The zero-order valence-corrected chi connectivity index (χ0v) is 12.0. The summed E-state index contributed by atoms with van der Waals surface area (Å²) in [6.45, 7) is 5.78. The minimum absolute atomic E-state index is 0.0618. The van der Waals surface area contributed by atoms with Crippen LogP contribution in [0.2, 0.25) is 0 Å². The molecule has 0 aliphatic carbocycles. The molecule has 0 spiro atoms. The molecule has 2 heterocycles. The lowest BCUT2D eigenvalue weighted by Crippen LogP contribution is -2.35. The van der Waals surface area contributed by atoms with Gasteiger partial charge >= 0.3 is 5.97 Å². The molecular formula is C13H20N4O3. The molecule has 1 aromatic heterocycles. The molecule has 1 aliphatic rings. The lowest BCUT2D eigenvalue weighted by molar-refractivity contribution is -0.149. The Labute approximate surface area is 117 Å². The van der Waals surface area contributed by atoms with Gasteiger partial charge in [-0.25, -0.2) is 0 Å². The first-order chi connectivity index (χ1) is 9.31. The first-order valence-electron chi connectivity index (χ1n) is 6.76. The van der Waals surface area contributed by atoms with Crippen LogP contribution >= 0.6 is 0 Å². The Hall–Kier alpha value is -1.92. The van der Waals surface area contributed by atoms with Gasteiger partial charge in [-0.05, 0) is 27.2 Å². The molecule has 0 fully saturated rings. The number of fused-ring (bicyclic) bond motifs is 1. The third kappa shape index (κ3) is 2.81. The molecule has 1 amide bonds. The zero-order chi connectivity index (χ0) is 14.9. The molecule has 1 aliphatic heterocycles.